The zero-order valence-electron chi connectivity index (χ0n) is 13.9. The molecule has 134 valence electrons. The normalized spacial score (nSPS) is 11.2. The number of halogens is 1. The molecule has 2 N–H and O–H groups in total. The third-order valence-electron chi connectivity index (χ3n) is 3.63. The molecule has 0 atom stereocenters. The first-order chi connectivity index (χ1) is 11.9. The van der Waals surface area contributed by atoms with Gasteiger partial charge in [-0.1, -0.05) is 18.2 Å². The van der Waals surface area contributed by atoms with Gasteiger partial charge < -0.3 is 10.1 Å². The van der Waals surface area contributed by atoms with E-state index in [0.717, 1.165) is 23.8 Å². The fraction of sp³-hybridized carbons (Fsp3) is 0.235. The van der Waals surface area contributed by atoms with Crippen LogP contribution in [0.5, 0.6) is 5.75 Å². The Morgan fingerprint density at radius 1 is 1.20 bits per heavy atom. The van der Waals surface area contributed by atoms with Crippen molar-refractivity contribution in [2.24, 2.45) is 0 Å². The molecule has 1 amide bonds. The second-order valence-electron chi connectivity index (χ2n) is 5.17. The number of hydrogen-bond donors (Lipinski definition) is 2. The van der Waals surface area contributed by atoms with Crippen molar-refractivity contribution in [2.45, 2.75) is 11.3 Å². The van der Waals surface area contributed by atoms with Crippen molar-refractivity contribution in [2.75, 3.05) is 20.7 Å². The Morgan fingerprint density at radius 2 is 1.92 bits per heavy atom. The highest BCUT2D eigenvalue weighted by Gasteiger charge is 2.18. The summed E-state index contributed by atoms with van der Waals surface area (Å²) in [5.74, 6) is -0.768. The molecule has 0 heterocycles. The Morgan fingerprint density at radius 3 is 2.60 bits per heavy atom. The van der Waals surface area contributed by atoms with E-state index in [4.69, 9.17) is 4.74 Å². The second-order valence-corrected chi connectivity index (χ2v) is 7.05. The lowest BCUT2D eigenvalue weighted by molar-refractivity contribution is 0.0949. The molecule has 0 aliphatic carbocycles. The minimum Gasteiger partial charge on any atom is -0.496 e. The van der Waals surface area contributed by atoms with Gasteiger partial charge in [0.15, 0.2) is 0 Å². The summed E-state index contributed by atoms with van der Waals surface area (Å²) in [5.41, 5.74) is 0.577. The van der Waals surface area contributed by atoms with E-state index in [1.807, 2.05) is 24.3 Å². The van der Waals surface area contributed by atoms with Crippen molar-refractivity contribution < 1.29 is 22.3 Å². The minimum absolute atomic E-state index is 0.175. The summed E-state index contributed by atoms with van der Waals surface area (Å²) in [6.45, 7) is 0.252. The lowest BCUT2D eigenvalue weighted by Crippen LogP contribution is -2.27. The van der Waals surface area contributed by atoms with Crippen LogP contribution in [0.15, 0.2) is 47.4 Å². The molecule has 0 bridgehead atoms. The number of carbonyl (C=O) groups is 1. The monoisotopic (exact) mass is 366 g/mol. The lowest BCUT2D eigenvalue weighted by Gasteiger charge is -2.10. The number of nitrogens with one attached hydrogen (secondary N) is 2. The molecule has 8 heteroatoms. The molecule has 2 aromatic carbocycles. The summed E-state index contributed by atoms with van der Waals surface area (Å²) < 4.78 is 44.8. The van der Waals surface area contributed by atoms with Crippen LogP contribution in [0.1, 0.15) is 15.9 Å². The van der Waals surface area contributed by atoms with Gasteiger partial charge in [-0.05, 0) is 43.3 Å². The van der Waals surface area contributed by atoms with Crippen LogP contribution in [0.4, 0.5) is 4.39 Å². The fourth-order valence-electron chi connectivity index (χ4n) is 2.28. The molecule has 2 rings (SSSR count). The number of sulfonamides is 1. The van der Waals surface area contributed by atoms with Gasteiger partial charge in [-0.15, -0.1) is 0 Å². The predicted octanol–water partition coefficient (Wildman–Crippen LogP) is 1.71. The first-order valence-electron chi connectivity index (χ1n) is 7.52. The first-order valence-corrected chi connectivity index (χ1v) is 9.00. The maximum atomic E-state index is 13.9. The Bertz CT molecular complexity index is 869. The predicted molar refractivity (Wildman–Crippen MR) is 91.7 cm³/mol. The third-order valence-corrected chi connectivity index (χ3v) is 5.05. The Balaban J connectivity index is 2.09. The van der Waals surface area contributed by atoms with Crippen molar-refractivity contribution in [1.29, 1.82) is 0 Å². The quantitative estimate of drug-likeness (QED) is 0.781. The minimum atomic E-state index is -3.76. The van der Waals surface area contributed by atoms with E-state index < -0.39 is 21.7 Å². The molecular formula is C17H19FN2O4S. The zero-order chi connectivity index (χ0) is 18.4. The van der Waals surface area contributed by atoms with Gasteiger partial charge in [0.05, 0.1) is 17.6 Å². The summed E-state index contributed by atoms with van der Waals surface area (Å²) in [6.07, 6.45) is 0.492. The van der Waals surface area contributed by atoms with Crippen molar-refractivity contribution >= 4 is 15.9 Å². The Kier molecular flexibility index (Phi) is 6.11. The highest BCUT2D eigenvalue weighted by molar-refractivity contribution is 7.89. The van der Waals surface area contributed by atoms with Crippen molar-refractivity contribution in [3.63, 3.8) is 0 Å². The standard InChI is InChI=1S/C17H19FN2O4S/c1-19-25(22,23)13-7-8-15(18)14(11-13)17(21)20-10-9-12-5-3-4-6-16(12)24-2/h3-8,11,19H,9-10H2,1-2H3,(H,20,21). The number of ether oxygens (including phenoxy) is 1. The SMILES string of the molecule is CNS(=O)(=O)c1ccc(F)c(C(=O)NCCc2ccccc2OC)c1. The van der Waals surface area contributed by atoms with Crippen LogP contribution in [-0.4, -0.2) is 35.0 Å². The molecule has 0 saturated carbocycles. The van der Waals surface area contributed by atoms with Crippen LogP contribution in [0.2, 0.25) is 0 Å². The van der Waals surface area contributed by atoms with Crippen molar-refractivity contribution in [3.05, 3.63) is 59.4 Å². The third kappa shape index (κ3) is 4.55. The van der Waals surface area contributed by atoms with E-state index >= 15 is 0 Å². The molecule has 0 unspecified atom stereocenters. The van der Waals surface area contributed by atoms with Gasteiger partial charge in [-0.2, -0.15) is 0 Å². The molecule has 6 nitrogen and oxygen atoms in total. The summed E-state index contributed by atoms with van der Waals surface area (Å²) >= 11 is 0. The second kappa shape index (κ2) is 8.09. The van der Waals surface area contributed by atoms with Crippen LogP contribution in [-0.2, 0) is 16.4 Å². The zero-order valence-corrected chi connectivity index (χ0v) is 14.7. The largest absolute Gasteiger partial charge is 0.496 e. The molecule has 0 aliphatic heterocycles. The highest BCUT2D eigenvalue weighted by atomic mass is 32.2. The van der Waals surface area contributed by atoms with Crippen LogP contribution in [0.3, 0.4) is 0 Å². The van der Waals surface area contributed by atoms with Crippen LogP contribution in [0, 0.1) is 5.82 Å². The van der Waals surface area contributed by atoms with Crippen LogP contribution >= 0.6 is 0 Å². The van der Waals surface area contributed by atoms with Crippen LogP contribution in [0.25, 0.3) is 0 Å². The molecule has 0 spiro atoms. The van der Waals surface area contributed by atoms with Crippen molar-refractivity contribution in [3.8, 4) is 5.75 Å². The van der Waals surface area contributed by atoms with Gasteiger partial charge in [0.2, 0.25) is 10.0 Å². The topological polar surface area (TPSA) is 84.5 Å². The van der Waals surface area contributed by atoms with E-state index in [0.29, 0.717) is 12.2 Å². The van der Waals surface area contributed by atoms with Crippen LogP contribution < -0.4 is 14.8 Å². The molecule has 0 aromatic heterocycles. The molecule has 0 aliphatic rings. The number of amides is 1. The fourth-order valence-corrected chi connectivity index (χ4v) is 3.03. The van der Waals surface area contributed by atoms with E-state index in [1.165, 1.54) is 7.05 Å². The van der Waals surface area contributed by atoms with Gasteiger partial charge in [-0.25, -0.2) is 17.5 Å². The van der Waals surface area contributed by atoms with Gasteiger partial charge in [0.1, 0.15) is 11.6 Å². The van der Waals surface area contributed by atoms with Crippen molar-refractivity contribution in [1.82, 2.24) is 10.0 Å². The Hall–Kier alpha value is -2.45. The molecule has 2 aromatic rings. The van der Waals surface area contributed by atoms with Gasteiger partial charge in [0, 0.05) is 6.54 Å². The van der Waals surface area contributed by atoms with Gasteiger partial charge >= 0.3 is 0 Å². The van der Waals surface area contributed by atoms with Gasteiger partial charge in [0.25, 0.3) is 5.91 Å². The average molecular weight is 366 g/mol. The van der Waals surface area contributed by atoms with E-state index in [9.17, 15) is 17.6 Å². The number of para-hydroxylation sites is 1. The number of rotatable bonds is 7. The van der Waals surface area contributed by atoms with E-state index in [2.05, 4.69) is 10.0 Å². The highest BCUT2D eigenvalue weighted by Crippen LogP contribution is 2.18. The molecular weight excluding hydrogens is 347 g/mol. The lowest BCUT2D eigenvalue weighted by atomic mass is 10.1. The Labute approximate surface area is 146 Å². The number of methoxy groups -OCH3 is 1. The maximum absolute atomic E-state index is 13.9. The maximum Gasteiger partial charge on any atom is 0.254 e. The molecule has 25 heavy (non-hydrogen) atoms. The summed E-state index contributed by atoms with van der Waals surface area (Å²) in [7, 11) is -0.959. The van der Waals surface area contributed by atoms with Gasteiger partial charge in [-0.3, -0.25) is 4.79 Å². The summed E-state index contributed by atoms with van der Waals surface area (Å²) in [6, 6.07) is 10.4. The number of benzene rings is 2. The summed E-state index contributed by atoms with van der Waals surface area (Å²) in [5, 5.41) is 2.59. The number of hydrogen-bond acceptors (Lipinski definition) is 4. The van der Waals surface area contributed by atoms with E-state index in [-0.39, 0.29) is 17.0 Å². The summed E-state index contributed by atoms with van der Waals surface area (Å²) in [4.78, 5) is 12.0. The average Bonchev–Trinajstić information content (AvgIpc) is 2.62. The molecule has 0 saturated heterocycles. The molecule has 0 radical (unpaired) electrons. The van der Waals surface area contributed by atoms with E-state index in [1.54, 1.807) is 7.11 Å². The molecule has 0 fully saturated rings. The number of carbonyl (C=O) groups excluding carboxylic acids is 1. The first kappa shape index (κ1) is 18.9. The smallest absolute Gasteiger partial charge is 0.254 e.